The van der Waals surface area contributed by atoms with Gasteiger partial charge in [-0.05, 0) is 31.6 Å². The first-order valence-electron chi connectivity index (χ1n) is 7.69. The molecule has 0 saturated heterocycles. The summed E-state index contributed by atoms with van der Waals surface area (Å²) in [6, 6.07) is 0. The van der Waals surface area contributed by atoms with Crippen LogP contribution in [0.1, 0.15) is 79.6 Å². The number of alkyl halides is 2. The fourth-order valence-corrected chi connectivity index (χ4v) is 2.14. The highest BCUT2D eigenvalue weighted by Crippen LogP contribution is 2.15. The number of hydrogen-bond donors (Lipinski definition) is 0. The van der Waals surface area contributed by atoms with Crippen molar-refractivity contribution in [1.29, 1.82) is 0 Å². The molecule has 3 unspecified atom stereocenters. The molecule has 3 atom stereocenters. The van der Waals surface area contributed by atoms with Crippen molar-refractivity contribution in [2.45, 2.75) is 84.9 Å². The SMILES string of the molecule is CCCCC(C)C(C)Cl.CCCCC(C)CCCl. The topological polar surface area (TPSA) is 0 Å². The second-order valence-electron chi connectivity index (χ2n) is 5.52. The van der Waals surface area contributed by atoms with Gasteiger partial charge in [0.05, 0.1) is 0 Å². The Morgan fingerprint density at radius 1 is 0.833 bits per heavy atom. The van der Waals surface area contributed by atoms with Gasteiger partial charge >= 0.3 is 0 Å². The zero-order valence-electron chi connectivity index (χ0n) is 13.1. The summed E-state index contributed by atoms with van der Waals surface area (Å²) in [7, 11) is 0. The Morgan fingerprint density at radius 3 is 1.72 bits per heavy atom. The lowest BCUT2D eigenvalue weighted by atomic mass is 10.0. The van der Waals surface area contributed by atoms with Crippen LogP contribution in [0.4, 0.5) is 0 Å². The molecule has 0 aliphatic heterocycles. The molecule has 0 aliphatic rings. The normalized spacial score (nSPS) is 15.5. The predicted octanol–water partition coefficient (Wildman–Crippen LogP) is 6.88. The average Bonchev–Trinajstić information content (AvgIpc) is 2.34. The minimum absolute atomic E-state index is 0.344. The maximum atomic E-state index is 5.86. The van der Waals surface area contributed by atoms with E-state index in [1.54, 1.807) is 0 Å². The van der Waals surface area contributed by atoms with E-state index in [1.165, 1.54) is 44.9 Å². The van der Waals surface area contributed by atoms with Gasteiger partial charge in [-0.25, -0.2) is 0 Å². The van der Waals surface area contributed by atoms with Gasteiger partial charge in [0.15, 0.2) is 0 Å². The molecule has 0 bridgehead atoms. The van der Waals surface area contributed by atoms with Crippen molar-refractivity contribution in [1.82, 2.24) is 0 Å². The Balaban J connectivity index is 0. The van der Waals surface area contributed by atoms with Gasteiger partial charge in [-0.1, -0.05) is 59.8 Å². The van der Waals surface area contributed by atoms with E-state index < -0.39 is 0 Å². The van der Waals surface area contributed by atoms with E-state index in [-0.39, 0.29) is 0 Å². The molecular formula is C16H34Cl2. The third-order valence-electron chi connectivity index (χ3n) is 3.45. The lowest BCUT2D eigenvalue weighted by Gasteiger charge is -2.11. The van der Waals surface area contributed by atoms with Crippen LogP contribution < -0.4 is 0 Å². The molecule has 0 N–H and O–H groups in total. The lowest BCUT2D eigenvalue weighted by molar-refractivity contribution is 0.494. The van der Waals surface area contributed by atoms with Crippen molar-refractivity contribution < 1.29 is 0 Å². The minimum atomic E-state index is 0.344. The Bertz CT molecular complexity index is 146. The number of unbranched alkanes of at least 4 members (excludes halogenated alkanes) is 2. The molecule has 0 aliphatic carbocycles. The third kappa shape index (κ3) is 16.6. The van der Waals surface area contributed by atoms with Crippen LogP contribution in [0.5, 0.6) is 0 Å². The summed E-state index contributed by atoms with van der Waals surface area (Å²) in [4.78, 5) is 0. The fourth-order valence-electron chi connectivity index (χ4n) is 1.64. The van der Waals surface area contributed by atoms with Crippen LogP contribution in [-0.2, 0) is 0 Å². The Kier molecular flexibility index (Phi) is 18.1. The van der Waals surface area contributed by atoms with Gasteiger partial charge in [-0.3, -0.25) is 0 Å². The smallest absolute Gasteiger partial charge is 0.0333 e. The summed E-state index contributed by atoms with van der Waals surface area (Å²) >= 11 is 11.4. The van der Waals surface area contributed by atoms with Crippen molar-refractivity contribution >= 4 is 23.2 Å². The number of hydrogen-bond acceptors (Lipinski definition) is 0. The zero-order valence-corrected chi connectivity index (χ0v) is 14.7. The van der Waals surface area contributed by atoms with Crippen molar-refractivity contribution in [3.8, 4) is 0 Å². The van der Waals surface area contributed by atoms with Crippen molar-refractivity contribution in [2.75, 3.05) is 5.88 Å². The average molecular weight is 297 g/mol. The largest absolute Gasteiger partial charge is 0.127 e. The molecule has 0 radical (unpaired) electrons. The molecule has 0 fully saturated rings. The molecule has 2 heteroatoms. The van der Waals surface area contributed by atoms with E-state index in [4.69, 9.17) is 23.2 Å². The van der Waals surface area contributed by atoms with E-state index >= 15 is 0 Å². The van der Waals surface area contributed by atoms with Crippen LogP contribution in [0, 0.1) is 11.8 Å². The number of halogens is 2. The van der Waals surface area contributed by atoms with Gasteiger partial charge in [0.1, 0.15) is 0 Å². The lowest BCUT2D eigenvalue weighted by Crippen LogP contribution is -2.05. The molecule has 0 heterocycles. The molecule has 0 aromatic carbocycles. The molecule has 112 valence electrons. The Morgan fingerprint density at radius 2 is 1.33 bits per heavy atom. The van der Waals surface area contributed by atoms with Crippen LogP contribution >= 0.6 is 23.2 Å². The molecule has 0 aromatic rings. The van der Waals surface area contributed by atoms with Crippen molar-refractivity contribution in [3.05, 3.63) is 0 Å². The first-order chi connectivity index (χ1) is 8.49. The highest BCUT2D eigenvalue weighted by molar-refractivity contribution is 6.20. The maximum absolute atomic E-state index is 5.86. The first-order valence-corrected chi connectivity index (χ1v) is 8.66. The molecular weight excluding hydrogens is 263 g/mol. The minimum Gasteiger partial charge on any atom is -0.127 e. The van der Waals surface area contributed by atoms with E-state index in [0.29, 0.717) is 11.3 Å². The molecule has 0 rings (SSSR count). The summed E-state index contributed by atoms with van der Waals surface area (Å²) in [5.74, 6) is 2.35. The third-order valence-corrected chi connectivity index (χ3v) is 4.10. The highest BCUT2D eigenvalue weighted by atomic mass is 35.5. The first kappa shape index (κ1) is 20.9. The summed E-state index contributed by atoms with van der Waals surface area (Å²) in [5.41, 5.74) is 0. The summed E-state index contributed by atoms with van der Waals surface area (Å²) in [5, 5.41) is 0.344. The summed E-state index contributed by atoms with van der Waals surface area (Å²) < 4.78 is 0. The number of rotatable bonds is 9. The van der Waals surface area contributed by atoms with Crippen LogP contribution in [0.15, 0.2) is 0 Å². The fraction of sp³-hybridized carbons (Fsp3) is 1.00. The second kappa shape index (κ2) is 15.6. The summed E-state index contributed by atoms with van der Waals surface area (Å²) in [6.45, 7) is 11.0. The quantitative estimate of drug-likeness (QED) is 0.407. The highest BCUT2D eigenvalue weighted by Gasteiger charge is 2.06. The zero-order chi connectivity index (χ0) is 14.4. The van der Waals surface area contributed by atoms with Gasteiger partial charge < -0.3 is 0 Å². The molecule has 0 spiro atoms. The van der Waals surface area contributed by atoms with Gasteiger partial charge in [0.2, 0.25) is 0 Å². The van der Waals surface area contributed by atoms with Crippen molar-refractivity contribution in [2.24, 2.45) is 11.8 Å². The molecule has 18 heavy (non-hydrogen) atoms. The van der Waals surface area contributed by atoms with E-state index in [1.807, 2.05) is 0 Å². The molecule has 0 aromatic heterocycles. The Hall–Kier alpha value is 0.580. The monoisotopic (exact) mass is 296 g/mol. The van der Waals surface area contributed by atoms with Crippen molar-refractivity contribution in [3.63, 3.8) is 0 Å². The van der Waals surface area contributed by atoms with Gasteiger partial charge in [-0.15, -0.1) is 23.2 Å². The van der Waals surface area contributed by atoms with Crippen LogP contribution in [0.25, 0.3) is 0 Å². The van der Waals surface area contributed by atoms with Gasteiger partial charge in [0.25, 0.3) is 0 Å². The molecule has 0 amide bonds. The van der Waals surface area contributed by atoms with Crippen LogP contribution in [0.3, 0.4) is 0 Å². The predicted molar refractivity (Wildman–Crippen MR) is 88.0 cm³/mol. The molecule has 0 saturated carbocycles. The standard InChI is InChI=1S/2C8H17Cl/c1-4-5-6-7(2)8(3)9;1-3-4-5-8(2)6-7-9/h7-8H,4-6H2,1-3H3;8H,3-7H2,1-2H3. The molecule has 0 nitrogen and oxygen atoms in total. The van der Waals surface area contributed by atoms with E-state index in [2.05, 4.69) is 34.6 Å². The van der Waals surface area contributed by atoms with Gasteiger partial charge in [0, 0.05) is 11.3 Å². The summed E-state index contributed by atoms with van der Waals surface area (Å²) in [6.07, 6.45) is 9.09. The van der Waals surface area contributed by atoms with Crippen LogP contribution in [-0.4, -0.2) is 11.3 Å². The van der Waals surface area contributed by atoms with E-state index in [0.717, 1.165) is 11.8 Å². The van der Waals surface area contributed by atoms with E-state index in [9.17, 15) is 0 Å². The maximum Gasteiger partial charge on any atom is 0.0333 e. The second-order valence-corrected chi connectivity index (χ2v) is 6.59. The van der Waals surface area contributed by atoms with Crippen LogP contribution in [0.2, 0.25) is 0 Å². The Labute approximate surface area is 126 Å². The van der Waals surface area contributed by atoms with Gasteiger partial charge in [-0.2, -0.15) is 0 Å².